The van der Waals surface area contributed by atoms with E-state index in [4.69, 9.17) is 11.5 Å². The molecule has 92 valence electrons. The summed E-state index contributed by atoms with van der Waals surface area (Å²) in [7, 11) is 0. The zero-order valence-electron chi connectivity index (χ0n) is 9.76. The standard InChI is InChI=1S/C11H17N5O/c1-8(6-9-4-2-3-5-14-9)7-15-11(17)16-10(12)13/h2-5,8H,6-7H2,1H3,(H5,12,13,15,16,17). The lowest BCUT2D eigenvalue weighted by atomic mass is 10.1. The number of nitrogens with one attached hydrogen (secondary N) is 1. The van der Waals surface area contributed by atoms with E-state index in [2.05, 4.69) is 15.3 Å². The van der Waals surface area contributed by atoms with E-state index < -0.39 is 6.03 Å². The van der Waals surface area contributed by atoms with Crippen molar-refractivity contribution in [3.8, 4) is 0 Å². The highest BCUT2D eigenvalue weighted by Crippen LogP contribution is 2.04. The number of pyridine rings is 1. The summed E-state index contributed by atoms with van der Waals surface area (Å²) in [5, 5.41) is 2.62. The van der Waals surface area contributed by atoms with Gasteiger partial charge in [0.25, 0.3) is 0 Å². The number of hydrogen-bond donors (Lipinski definition) is 3. The van der Waals surface area contributed by atoms with Crippen molar-refractivity contribution in [3.63, 3.8) is 0 Å². The Bertz CT molecular complexity index is 386. The van der Waals surface area contributed by atoms with Crippen LogP contribution in [0.5, 0.6) is 0 Å². The van der Waals surface area contributed by atoms with Crippen molar-refractivity contribution in [2.24, 2.45) is 22.4 Å². The summed E-state index contributed by atoms with van der Waals surface area (Å²) in [4.78, 5) is 18.7. The highest BCUT2D eigenvalue weighted by molar-refractivity contribution is 5.90. The first-order chi connectivity index (χ1) is 8.08. The zero-order chi connectivity index (χ0) is 12.7. The summed E-state index contributed by atoms with van der Waals surface area (Å²) in [6.07, 6.45) is 2.54. The van der Waals surface area contributed by atoms with Gasteiger partial charge in [-0.25, -0.2) is 4.79 Å². The van der Waals surface area contributed by atoms with E-state index in [1.807, 2.05) is 25.1 Å². The smallest absolute Gasteiger partial charge is 0.344 e. The van der Waals surface area contributed by atoms with Crippen LogP contribution >= 0.6 is 0 Å². The van der Waals surface area contributed by atoms with Gasteiger partial charge in [0.15, 0.2) is 5.96 Å². The van der Waals surface area contributed by atoms with Gasteiger partial charge in [0.2, 0.25) is 0 Å². The van der Waals surface area contributed by atoms with Gasteiger partial charge in [0.05, 0.1) is 0 Å². The van der Waals surface area contributed by atoms with Gasteiger partial charge in [0, 0.05) is 18.4 Å². The molecule has 1 heterocycles. The van der Waals surface area contributed by atoms with Crippen LogP contribution in [0.3, 0.4) is 0 Å². The van der Waals surface area contributed by atoms with Crippen LogP contribution < -0.4 is 16.8 Å². The molecule has 0 aromatic carbocycles. The van der Waals surface area contributed by atoms with Gasteiger partial charge < -0.3 is 16.8 Å². The van der Waals surface area contributed by atoms with Crippen molar-refractivity contribution >= 4 is 12.0 Å². The van der Waals surface area contributed by atoms with Crippen molar-refractivity contribution in [1.82, 2.24) is 10.3 Å². The molecule has 6 nitrogen and oxygen atoms in total. The maximum Gasteiger partial charge on any atom is 0.344 e. The number of aliphatic imine (C=N–C) groups is 1. The third-order valence-electron chi connectivity index (χ3n) is 2.12. The number of hydrogen-bond acceptors (Lipinski definition) is 2. The molecule has 0 radical (unpaired) electrons. The Morgan fingerprint density at radius 2 is 2.29 bits per heavy atom. The van der Waals surface area contributed by atoms with Crippen LogP contribution in [-0.4, -0.2) is 23.5 Å². The Kier molecular flexibility index (Phi) is 4.93. The minimum Gasteiger partial charge on any atom is -0.370 e. The molecular formula is C11H17N5O. The molecule has 1 rings (SSSR count). The molecule has 1 unspecified atom stereocenters. The monoisotopic (exact) mass is 235 g/mol. The van der Waals surface area contributed by atoms with Crippen molar-refractivity contribution in [2.75, 3.05) is 6.54 Å². The van der Waals surface area contributed by atoms with E-state index in [9.17, 15) is 4.79 Å². The molecule has 1 aromatic heterocycles. The molecule has 0 aliphatic rings. The summed E-state index contributed by atoms with van der Waals surface area (Å²) >= 11 is 0. The number of nitrogens with zero attached hydrogens (tertiary/aromatic N) is 2. The number of urea groups is 1. The third kappa shape index (κ3) is 5.50. The lowest BCUT2D eigenvalue weighted by Crippen LogP contribution is -2.31. The van der Waals surface area contributed by atoms with Crippen LogP contribution in [0.1, 0.15) is 12.6 Å². The average molecular weight is 235 g/mol. The van der Waals surface area contributed by atoms with Gasteiger partial charge in [-0.15, -0.1) is 0 Å². The molecule has 0 saturated carbocycles. The Morgan fingerprint density at radius 3 is 2.88 bits per heavy atom. The van der Waals surface area contributed by atoms with Crippen LogP contribution in [0.25, 0.3) is 0 Å². The lowest BCUT2D eigenvalue weighted by Gasteiger charge is -2.10. The van der Waals surface area contributed by atoms with Crippen molar-refractivity contribution in [3.05, 3.63) is 30.1 Å². The van der Waals surface area contributed by atoms with Gasteiger partial charge >= 0.3 is 6.03 Å². The molecule has 0 aliphatic carbocycles. The van der Waals surface area contributed by atoms with Crippen LogP contribution in [-0.2, 0) is 6.42 Å². The minimum atomic E-state index is -0.516. The molecule has 0 spiro atoms. The molecular weight excluding hydrogens is 218 g/mol. The highest BCUT2D eigenvalue weighted by Gasteiger charge is 2.06. The van der Waals surface area contributed by atoms with Gasteiger partial charge in [-0.05, 0) is 24.5 Å². The van der Waals surface area contributed by atoms with Gasteiger partial charge in [-0.1, -0.05) is 13.0 Å². The second kappa shape index (κ2) is 6.47. The van der Waals surface area contributed by atoms with E-state index in [1.54, 1.807) is 6.20 Å². The number of carbonyl (C=O) groups excluding carboxylic acids is 1. The molecule has 1 aromatic rings. The molecule has 0 bridgehead atoms. The molecule has 6 heteroatoms. The minimum absolute atomic E-state index is 0.236. The van der Waals surface area contributed by atoms with Crippen LogP contribution in [0.4, 0.5) is 4.79 Å². The average Bonchev–Trinajstić information content (AvgIpc) is 2.27. The fraction of sp³-hybridized carbons (Fsp3) is 0.364. The number of carbonyl (C=O) groups is 1. The molecule has 0 aliphatic heterocycles. The number of guanidine groups is 1. The quantitative estimate of drug-likeness (QED) is 0.513. The summed E-state index contributed by atoms with van der Waals surface area (Å²) in [5.41, 5.74) is 11.2. The topological polar surface area (TPSA) is 106 Å². The number of amides is 2. The lowest BCUT2D eigenvalue weighted by molar-refractivity contribution is 0.247. The maximum atomic E-state index is 11.1. The summed E-state index contributed by atoms with van der Waals surface area (Å²) < 4.78 is 0. The van der Waals surface area contributed by atoms with Crippen molar-refractivity contribution in [2.45, 2.75) is 13.3 Å². The second-order valence-corrected chi connectivity index (χ2v) is 3.85. The summed E-state index contributed by atoms with van der Waals surface area (Å²) in [5.74, 6) is 0.0305. The van der Waals surface area contributed by atoms with Crippen LogP contribution in [0.2, 0.25) is 0 Å². The maximum absolute atomic E-state index is 11.1. The third-order valence-corrected chi connectivity index (χ3v) is 2.12. The van der Waals surface area contributed by atoms with Crippen LogP contribution in [0.15, 0.2) is 29.4 Å². The summed E-state index contributed by atoms with van der Waals surface area (Å²) in [6.45, 7) is 2.52. The molecule has 0 saturated heterocycles. The van der Waals surface area contributed by atoms with Crippen molar-refractivity contribution in [1.29, 1.82) is 0 Å². The van der Waals surface area contributed by atoms with E-state index in [-0.39, 0.29) is 11.9 Å². The van der Waals surface area contributed by atoms with E-state index in [0.717, 1.165) is 12.1 Å². The van der Waals surface area contributed by atoms with Gasteiger partial charge in [-0.3, -0.25) is 4.98 Å². The molecule has 5 N–H and O–H groups in total. The Balaban J connectivity index is 2.33. The predicted molar refractivity (Wildman–Crippen MR) is 66.3 cm³/mol. The molecule has 17 heavy (non-hydrogen) atoms. The van der Waals surface area contributed by atoms with E-state index in [0.29, 0.717) is 6.54 Å². The van der Waals surface area contributed by atoms with Gasteiger partial charge in [-0.2, -0.15) is 4.99 Å². The number of aromatic nitrogens is 1. The van der Waals surface area contributed by atoms with Crippen LogP contribution in [0, 0.1) is 5.92 Å². The normalized spacial score (nSPS) is 11.6. The first-order valence-corrected chi connectivity index (χ1v) is 5.35. The predicted octanol–water partition coefficient (Wildman–Crippen LogP) is 0.243. The molecule has 1 atom stereocenters. The van der Waals surface area contributed by atoms with Crippen molar-refractivity contribution < 1.29 is 4.79 Å². The number of rotatable bonds is 4. The SMILES string of the molecule is CC(CNC(=O)N=C(N)N)Cc1ccccn1. The zero-order valence-corrected chi connectivity index (χ0v) is 9.76. The second-order valence-electron chi connectivity index (χ2n) is 3.85. The van der Waals surface area contributed by atoms with Gasteiger partial charge in [0.1, 0.15) is 0 Å². The summed E-state index contributed by atoms with van der Waals surface area (Å²) in [6, 6.07) is 5.24. The fourth-order valence-electron chi connectivity index (χ4n) is 1.37. The Labute approximate surface area is 100 Å². The van der Waals surface area contributed by atoms with E-state index in [1.165, 1.54) is 0 Å². The molecule has 0 fully saturated rings. The first kappa shape index (κ1) is 13.0. The Hall–Kier alpha value is -2.11. The largest absolute Gasteiger partial charge is 0.370 e. The van der Waals surface area contributed by atoms with E-state index >= 15 is 0 Å². The molecule has 2 amide bonds. The Morgan fingerprint density at radius 1 is 1.53 bits per heavy atom. The number of nitrogens with two attached hydrogens (primary N) is 2. The first-order valence-electron chi connectivity index (χ1n) is 5.35. The fourth-order valence-corrected chi connectivity index (χ4v) is 1.37. The highest BCUT2D eigenvalue weighted by atomic mass is 16.2.